The van der Waals surface area contributed by atoms with Gasteiger partial charge in [0.25, 0.3) is 0 Å². The minimum atomic E-state index is -0.813. The minimum absolute atomic E-state index is 0.0381. The highest BCUT2D eigenvalue weighted by molar-refractivity contribution is 7.99. The van der Waals surface area contributed by atoms with E-state index in [0.29, 0.717) is 19.7 Å². The lowest BCUT2D eigenvalue weighted by molar-refractivity contribution is -0.138. The fourth-order valence-corrected chi connectivity index (χ4v) is 3.53. The zero-order chi connectivity index (χ0) is 19.9. The molecule has 0 spiro atoms. The van der Waals surface area contributed by atoms with Crippen LogP contribution in [0.2, 0.25) is 0 Å². The van der Waals surface area contributed by atoms with Gasteiger partial charge in [-0.25, -0.2) is 0 Å². The van der Waals surface area contributed by atoms with Gasteiger partial charge >= 0.3 is 5.97 Å². The van der Waals surface area contributed by atoms with E-state index in [1.807, 2.05) is 36.1 Å². The number of hydrogen-bond donors (Lipinski definition) is 1. The van der Waals surface area contributed by atoms with Crippen LogP contribution in [-0.4, -0.2) is 42.2 Å². The second-order valence-corrected chi connectivity index (χ2v) is 8.55. The monoisotopic (exact) mass is 387 g/mol. The van der Waals surface area contributed by atoms with Crippen molar-refractivity contribution in [1.82, 2.24) is 4.90 Å². The second-order valence-electron chi connectivity index (χ2n) is 7.43. The van der Waals surface area contributed by atoms with Crippen molar-refractivity contribution in [1.29, 1.82) is 0 Å². The van der Waals surface area contributed by atoms with E-state index in [9.17, 15) is 4.79 Å². The summed E-state index contributed by atoms with van der Waals surface area (Å²) in [4.78, 5) is 14.9. The maximum Gasteiger partial charge on any atom is 0.317 e. The smallest absolute Gasteiger partial charge is 0.317 e. The first kappa shape index (κ1) is 21.3. The van der Waals surface area contributed by atoms with Crippen LogP contribution in [0.15, 0.2) is 58.3 Å². The molecule has 146 valence electrons. The number of para-hydroxylation sites is 1. The molecular formula is C22H29NO3S. The molecule has 0 fully saturated rings. The summed E-state index contributed by atoms with van der Waals surface area (Å²) >= 11 is 1.68. The number of rotatable bonds is 9. The van der Waals surface area contributed by atoms with Crippen LogP contribution in [0.5, 0.6) is 5.75 Å². The van der Waals surface area contributed by atoms with Crippen LogP contribution in [0, 0.1) is 0 Å². The molecule has 1 N–H and O–H groups in total. The number of hydrogen-bond acceptors (Lipinski definition) is 4. The molecule has 0 aliphatic carbocycles. The number of carboxylic acids is 1. The van der Waals surface area contributed by atoms with Gasteiger partial charge in [0.15, 0.2) is 0 Å². The lowest BCUT2D eigenvalue weighted by Crippen LogP contribution is -2.33. The van der Waals surface area contributed by atoms with E-state index >= 15 is 0 Å². The molecule has 0 atom stereocenters. The Kier molecular flexibility index (Phi) is 7.75. The van der Waals surface area contributed by atoms with Gasteiger partial charge in [0.1, 0.15) is 12.4 Å². The Bertz CT molecular complexity index is 738. The van der Waals surface area contributed by atoms with Gasteiger partial charge in [-0.15, -0.1) is 0 Å². The maximum atomic E-state index is 10.9. The molecular weight excluding hydrogens is 358 g/mol. The van der Waals surface area contributed by atoms with Crippen LogP contribution >= 0.6 is 11.8 Å². The SMILES string of the molecule is CCN(CCOc1ccccc1Sc1ccc(C(C)(C)C)cc1)CC(=O)O. The summed E-state index contributed by atoms with van der Waals surface area (Å²) in [6.07, 6.45) is 0. The van der Waals surface area contributed by atoms with E-state index in [2.05, 4.69) is 45.0 Å². The molecule has 0 radical (unpaired) electrons. The van der Waals surface area contributed by atoms with Crippen molar-refractivity contribution >= 4 is 17.7 Å². The minimum Gasteiger partial charge on any atom is -0.491 e. The highest BCUT2D eigenvalue weighted by atomic mass is 32.2. The van der Waals surface area contributed by atoms with E-state index < -0.39 is 5.97 Å². The molecule has 0 amide bonds. The molecule has 2 rings (SSSR count). The van der Waals surface area contributed by atoms with Crippen LogP contribution in [0.3, 0.4) is 0 Å². The fourth-order valence-electron chi connectivity index (χ4n) is 2.63. The average Bonchev–Trinajstić information content (AvgIpc) is 2.61. The molecule has 0 saturated carbocycles. The molecule has 4 nitrogen and oxygen atoms in total. The Morgan fingerprint density at radius 2 is 1.78 bits per heavy atom. The number of benzene rings is 2. The number of carboxylic acid groups (broad SMARTS) is 1. The van der Waals surface area contributed by atoms with Gasteiger partial charge in [0.05, 0.1) is 11.4 Å². The fraction of sp³-hybridized carbons (Fsp3) is 0.409. The normalized spacial score (nSPS) is 11.6. The molecule has 0 bridgehead atoms. The number of carbonyl (C=O) groups is 1. The molecule has 0 heterocycles. The van der Waals surface area contributed by atoms with Gasteiger partial charge in [-0.2, -0.15) is 0 Å². The third-order valence-electron chi connectivity index (χ3n) is 4.27. The van der Waals surface area contributed by atoms with Crippen molar-refractivity contribution in [3.05, 3.63) is 54.1 Å². The summed E-state index contributed by atoms with van der Waals surface area (Å²) in [7, 11) is 0. The van der Waals surface area contributed by atoms with Gasteiger partial charge in [0.2, 0.25) is 0 Å². The van der Waals surface area contributed by atoms with E-state index in [4.69, 9.17) is 9.84 Å². The zero-order valence-corrected chi connectivity index (χ0v) is 17.4. The Balaban J connectivity index is 2.00. The number of likely N-dealkylation sites (N-methyl/N-ethyl adjacent to an activating group) is 1. The van der Waals surface area contributed by atoms with Gasteiger partial charge in [-0.3, -0.25) is 9.69 Å². The summed E-state index contributed by atoms with van der Waals surface area (Å²) in [5, 5.41) is 8.92. The predicted molar refractivity (Wildman–Crippen MR) is 111 cm³/mol. The van der Waals surface area contributed by atoms with E-state index in [0.717, 1.165) is 10.6 Å². The van der Waals surface area contributed by atoms with Crippen LogP contribution < -0.4 is 4.74 Å². The summed E-state index contributed by atoms with van der Waals surface area (Å²) in [6.45, 7) is 10.4. The lowest BCUT2D eigenvalue weighted by atomic mass is 9.87. The van der Waals surface area contributed by atoms with Gasteiger partial charge in [-0.1, -0.05) is 63.7 Å². The van der Waals surface area contributed by atoms with Crippen molar-refractivity contribution in [2.75, 3.05) is 26.2 Å². The molecule has 27 heavy (non-hydrogen) atoms. The van der Waals surface area contributed by atoms with Crippen molar-refractivity contribution in [3.8, 4) is 5.75 Å². The quantitative estimate of drug-likeness (QED) is 0.662. The Morgan fingerprint density at radius 1 is 1.11 bits per heavy atom. The Hall–Kier alpha value is -1.98. The summed E-state index contributed by atoms with van der Waals surface area (Å²) in [6, 6.07) is 16.6. The van der Waals surface area contributed by atoms with Crippen molar-refractivity contribution in [2.45, 2.75) is 42.9 Å². The van der Waals surface area contributed by atoms with Crippen LogP contribution in [0.1, 0.15) is 33.3 Å². The van der Waals surface area contributed by atoms with Crippen LogP contribution in [0.25, 0.3) is 0 Å². The molecule has 0 aliphatic heterocycles. The van der Waals surface area contributed by atoms with E-state index in [-0.39, 0.29) is 12.0 Å². The first-order valence-electron chi connectivity index (χ1n) is 9.24. The number of ether oxygens (including phenoxy) is 1. The molecule has 5 heteroatoms. The van der Waals surface area contributed by atoms with Gasteiger partial charge in [-0.05, 0) is 41.8 Å². The highest BCUT2D eigenvalue weighted by Crippen LogP contribution is 2.35. The predicted octanol–water partition coefficient (Wildman–Crippen LogP) is 4.92. The summed E-state index contributed by atoms with van der Waals surface area (Å²) in [5.41, 5.74) is 1.46. The van der Waals surface area contributed by atoms with Crippen LogP contribution in [0.4, 0.5) is 0 Å². The third-order valence-corrected chi connectivity index (χ3v) is 5.33. The van der Waals surface area contributed by atoms with E-state index in [1.165, 1.54) is 10.5 Å². The number of nitrogens with zero attached hydrogens (tertiary/aromatic N) is 1. The average molecular weight is 388 g/mol. The summed E-state index contributed by atoms with van der Waals surface area (Å²) in [5.74, 6) is 0.0142. The standard InChI is InChI=1S/C22H29NO3S/c1-5-23(16-21(24)25)14-15-26-19-8-6-7-9-20(19)27-18-12-10-17(11-13-18)22(2,3)4/h6-13H,5,14-16H2,1-4H3,(H,24,25). The van der Waals surface area contributed by atoms with Crippen molar-refractivity contribution < 1.29 is 14.6 Å². The van der Waals surface area contributed by atoms with Crippen molar-refractivity contribution in [2.24, 2.45) is 0 Å². The molecule has 2 aromatic carbocycles. The van der Waals surface area contributed by atoms with Crippen molar-refractivity contribution in [3.63, 3.8) is 0 Å². The third kappa shape index (κ3) is 6.92. The summed E-state index contributed by atoms with van der Waals surface area (Å²) < 4.78 is 5.95. The topological polar surface area (TPSA) is 49.8 Å². The van der Waals surface area contributed by atoms with Gasteiger partial charge in [0, 0.05) is 11.4 Å². The Labute approximate surface area is 166 Å². The molecule has 0 saturated heterocycles. The zero-order valence-electron chi connectivity index (χ0n) is 16.6. The molecule has 0 aliphatic rings. The highest BCUT2D eigenvalue weighted by Gasteiger charge is 2.14. The van der Waals surface area contributed by atoms with E-state index in [1.54, 1.807) is 11.8 Å². The lowest BCUT2D eigenvalue weighted by Gasteiger charge is -2.20. The number of aliphatic carboxylic acids is 1. The van der Waals surface area contributed by atoms with Gasteiger partial charge < -0.3 is 9.84 Å². The first-order valence-corrected chi connectivity index (χ1v) is 10.1. The maximum absolute atomic E-state index is 10.9. The molecule has 2 aromatic rings. The molecule has 0 unspecified atom stereocenters. The molecule has 0 aromatic heterocycles. The largest absolute Gasteiger partial charge is 0.491 e. The van der Waals surface area contributed by atoms with Crippen LogP contribution in [-0.2, 0) is 10.2 Å². The Morgan fingerprint density at radius 3 is 2.37 bits per heavy atom. The second kappa shape index (κ2) is 9.81. The first-order chi connectivity index (χ1) is 12.8.